The minimum Gasteiger partial charge on any atom is -0.334 e. The summed E-state index contributed by atoms with van der Waals surface area (Å²) in [5.74, 6) is 0. The highest BCUT2D eigenvalue weighted by Crippen LogP contribution is 2.28. The molecule has 0 aliphatic heterocycles. The molecule has 0 spiro atoms. The van der Waals surface area contributed by atoms with E-state index >= 15 is 0 Å². The standard InChI is InChI=1S/C15H28NO2PS/c1-13(2)7-5-8-14(3)9-6-10-15(4)11-12-16-19(17,18)20/h7,9,11H,5-6,8,10,12H2,1-4H3,(H3,16,17,18,20)/b14-9+,15-11+. The Kier molecular flexibility index (Phi) is 10.3. The van der Waals surface area contributed by atoms with Crippen molar-refractivity contribution in [1.29, 1.82) is 0 Å². The van der Waals surface area contributed by atoms with Crippen LogP contribution >= 0.6 is 6.64 Å². The molecule has 5 heteroatoms. The quantitative estimate of drug-likeness (QED) is 0.440. The van der Waals surface area contributed by atoms with Gasteiger partial charge in [-0.1, -0.05) is 34.9 Å². The highest BCUT2D eigenvalue weighted by atomic mass is 32.5. The largest absolute Gasteiger partial charge is 0.334 e. The maximum Gasteiger partial charge on any atom is 0.256 e. The van der Waals surface area contributed by atoms with Crippen molar-refractivity contribution in [3.05, 3.63) is 34.9 Å². The van der Waals surface area contributed by atoms with Crippen molar-refractivity contribution in [3.8, 4) is 0 Å². The van der Waals surface area contributed by atoms with Crippen LogP contribution in [0.2, 0.25) is 0 Å². The lowest BCUT2D eigenvalue weighted by Gasteiger charge is -2.07. The molecule has 116 valence electrons. The average Bonchev–Trinajstić information content (AvgIpc) is 2.26. The first-order valence-electron chi connectivity index (χ1n) is 6.96. The van der Waals surface area contributed by atoms with Gasteiger partial charge in [0.05, 0.1) is 0 Å². The molecule has 0 aromatic carbocycles. The molecule has 0 unspecified atom stereocenters. The SMILES string of the molecule is CC(C)=CCC/C(C)=C/CC/C(C)=C/CNP(O)(O)=S. The highest BCUT2D eigenvalue weighted by Gasteiger charge is 2.02. The fourth-order valence-electron chi connectivity index (χ4n) is 1.68. The maximum atomic E-state index is 9.03. The van der Waals surface area contributed by atoms with Gasteiger partial charge in [-0.05, 0) is 65.2 Å². The average molecular weight is 317 g/mol. The fraction of sp³-hybridized carbons (Fsp3) is 0.600. The normalized spacial score (nSPS) is 13.5. The fourth-order valence-corrected chi connectivity index (χ4v) is 2.23. The van der Waals surface area contributed by atoms with Gasteiger partial charge >= 0.3 is 0 Å². The zero-order chi connectivity index (χ0) is 15.6. The highest BCUT2D eigenvalue weighted by molar-refractivity contribution is 8.08. The molecule has 0 aromatic heterocycles. The van der Waals surface area contributed by atoms with E-state index in [1.54, 1.807) is 0 Å². The first-order chi connectivity index (χ1) is 9.20. The van der Waals surface area contributed by atoms with Gasteiger partial charge < -0.3 is 9.79 Å². The van der Waals surface area contributed by atoms with Gasteiger partial charge in [0.1, 0.15) is 0 Å². The second kappa shape index (κ2) is 10.5. The molecule has 0 aliphatic rings. The molecule has 0 bridgehead atoms. The number of hydrogen-bond donors (Lipinski definition) is 3. The summed E-state index contributed by atoms with van der Waals surface area (Å²) in [6, 6.07) is 0. The molecular formula is C15H28NO2PS. The van der Waals surface area contributed by atoms with Gasteiger partial charge in [0.25, 0.3) is 6.64 Å². The summed E-state index contributed by atoms with van der Waals surface area (Å²) in [5.41, 5.74) is 4.03. The monoisotopic (exact) mass is 317 g/mol. The zero-order valence-corrected chi connectivity index (χ0v) is 14.7. The third-order valence-electron chi connectivity index (χ3n) is 2.87. The van der Waals surface area contributed by atoms with Crippen molar-refractivity contribution in [3.63, 3.8) is 0 Å². The van der Waals surface area contributed by atoms with Crippen LogP contribution in [0, 0.1) is 0 Å². The lowest BCUT2D eigenvalue weighted by atomic mass is 10.1. The van der Waals surface area contributed by atoms with Gasteiger partial charge in [-0.25, -0.2) is 5.09 Å². The summed E-state index contributed by atoms with van der Waals surface area (Å²) in [7, 11) is 0. The van der Waals surface area contributed by atoms with Crippen LogP contribution in [0.4, 0.5) is 0 Å². The molecule has 0 rings (SSSR count). The van der Waals surface area contributed by atoms with Crippen molar-refractivity contribution in [1.82, 2.24) is 5.09 Å². The molecule has 0 heterocycles. The van der Waals surface area contributed by atoms with Crippen LogP contribution in [0.25, 0.3) is 0 Å². The maximum absolute atomic E-state index is 9.03. The van der Waals surface area contributed by atoms with Gasteiger partial charge in [0.2, 0.25) is 0 Å². The van der Waals surface area contributed by atoms with E-state index in [2.05, 4.69) is 49.8 Å². The van der Waals surface area contributed by atoms with Gasteiger partial charge in [-0.3, -0.25) is 0 Å². The van der Waals surface area contributed by atoms with E-state index in [0.717, 1.165) is 25.7 Å². The van der Waals surface area contributed by atoms with Crippen LogP contribution in [-0.2, 0) is 11.8 Å². The molecule has 0 aromatic rings. The third kappa shape index (κ3) is 14.2. The number of hydrogen-bond acceptors (Lipinski definition) is 1. The molecule has 0 saturated carbocycles. The topological polar surface area (TPSA) is 52.5 Å². The van der Waals surface area contributed by atoms with E-state index in [1.165, 1.54) is 16.7 Å². The Morgan fingerprint density at radius 1 is 0.950 bits per heavy atom. The molecule has 0 saturated heterocycles. The minimum atomic E-state index is -3.26. The van der Waals surface area contributed by atoms with Crippen molar-refractivity contribution >= 4 is 18.4 Å². The predicted octanol–water partition coefficient (Wildman–Crippen LogP) is 4.20. The van der Waals surface area contributed by atoms with Crippen LogP contribution in [0.1, 0.15) is 53.4 Å². The Morgan fingerprint density at radius 3 is 1.95 bits per heavy atom. The van der Waals surface area contributed by atoms with E-state index in [4.69, 9.17) is 9.79 Å². The predicted molar refractivity (Wildman–Crippen MR) is 92.1 cm³/mol. The third-order valence-corrected chi connectivity index (χ3v) is 3.85. The molecule has 0 atom stereocenters. The minimum absolute atomic E-state index is 0.416. The summed E-state index contributed by atoms with van der Waals surface area (Å²) < 4.78 is 0. The molecule has 3 nitrogen and oxygen atoms in total. The van der Waals surface area contributed by atoms with Crippen molar-refractivity contribution in [2.45, 2.75) is 53.4 Å². The Morgan fingerprint density at radius 2 is 1.45 bits per heavy atom. The summed E-state index contributed by atoms with van der Waals surface area (Å²) in [4.78, 5) is 18.1. The first kappa shape index (κ1) is 19.8. The van der Waals surface area contributed by atoms with Crippen LogP contribution in [0.15, 0.2) is 34.9 Å². The smallest absolute Gasteiger partial charge is 0.256 e. The number of rotatable bonds is 9. The van der Waals surface area contributed by atoms with Crippen LogP contribution in [0.3, 0.4) is 0 Å². The molecule has 0 aliphatic carbocycles. The van der Waals surface area contributed by atoms with Gasteiger partial charge in [-0.2, -0.15) is 0 Å². The Balaban J connectivity index is 3.94. The zero-order valence-electron chi connectivity index (χ0n) is 13.0. The van der Waals surface area contributed by atoms with E-state index in [1.807, 2.05) is 13.0 Å². The van der Waals surface area contributed by atoms with Crippen molar-refractivity contribution in [2.24, 2.45) is 0 Å². The first-order valence-corrected chi connectivity index (χ1v) is 9.67. The summed E-state index contributed by atoms with van der Waals surface area (Å²) in [6.07, 6.45) is 10.7. The lowest BCUT2D eigenvalue weighted by molar-refractivity contribution is 0.464. The number of allylic oxidation sites excluding steroid dienone is 5. The van der Waals surface area contributed by atoms with E-state index in [0.29, 0.717) is 6.54 Å². The van der Waals surface area contributed by atoms with E-state index in [-0.39, 0.29) is 0 Å². The van der Waals surface area contributed by atoms with Gasteiger partial charge in [0.15, 0.2) is 0 Å². The summed E-state index contributed by atoms with van der Waals surface area (Å²) in [6.45, 7) is 5.62. The van der Waals surface area contributed by atoms with Crippen LogP contribution in [-0.4, -0.2) is 16.3 Å². The molecule has 0 amide bonds. The van der Waals surface area contributed by atoms with Gasteiger partial charge in [-0.15, -0.1) is 0 Å². The van der Waals surface area contributed by atoms with E-state index < -0.39 is 6.64 Å². The van der Waals surface area contributed by atoms with Crippen molar-refractivity contribution in [2.75, 3.05) is 6.54 Å². The van der Waals surface area contributed by atoms with Gasteiger partial charge in [0, 0.05) is 6.54 Å². The second-order valence-electron chi connectivity index (χ2n) is 5.37. The molecule has 0 radical (unpaired) electrons. The Labute approximate surface area is 128 Å². The van der Waals surface area contributed by atoms with Crippen LogP contribution in [0.5, 0.6) is 0 Å². The van der Waals surface area contributed by atoms with Crippen molar-refractivity contribution < 1.29 is 9.79 Å². The molecule has 3 N–H and O–H groups in total. The number of nitrogens with one attached hydrogen (secondary N) is 1. The van der Waals surface area contributed by atoms with E-state index in [9.17, 15) is 0 Å². The Hall–Kier alpha value is -0.250. The molecule has 20 heavy (non-hydrogen) atoms. The summed E-state index contributed by atoms with van der Waals surface area (Å²) >= 11 is 4.48. The molecular weight excluding hydrogens is 289 g/mol. The lowest BCUT2D eigenvalue weighted by Crippen LogP contribution is -2.09. The summed E-state index contributed by atoms with van der Waals surface area (Å²) in [5, 5.41) is 2.53. The Bertz CT molecular complexity index is 418. The second-order valence-corrected chi connectivity index (χ2v) is 8.30. The van der Waals surface area contributed by atoms with Crippen LogP contribution < -0.4 is 5.09 Å². The molecule has 0 fully saturated rings.